The Morgan fingerprint density at radius 1 is 1.00 bits per heavy atom. The second-order valence-corrected chi connectivity index (χ2v) is 11.0. The van der Waals surface area contributed by atoms with Crippen molar-refractivity contribution in [3.8, 4) is 22.8 Å². The third-order valence-corrected chi connectivity index (χ3v) is 8.41. The average molecular weight is 578 g/mol. The summed E-state index contributed by atoms with van der Waals surface area (Å²) in [6, 6.07) is 14.9. The number of aromatic nitrogens is 3. The Kier molecular flexibility index (Phi) is 8.52. The maximum atomic E-state index is 5.41. The lowest BCUT2D eigenvalue weighted by Gasteiger charge is -2.23. The van der Waals surface area contributed by atoms with Crippen LogP contribution in [0.4, 0.5) is 5.69 Å². The smallest absolute Gasteiger partial charge is 0.157 e. The van der Waals surface area contributed by atoms with Gasteiger partial charge in [-0.05, 0) is 89.3 Å². The maximum Gasteiger partial charge on any atom is 0.157 e. The van der Waals surface area contributed by atoms with Gasteiger partial charge in [-0.3, -0.25) is 0 Å². The molecule has 0 bridgehead atoms. The van der Waals surface area contributed by atoms with E-state index in [0.717, 1.165) is 81.5 Å². The quantitative estimate of drug-likeness (QED) is 0.222. The molecule has 0 spiro atoms. The Hall–Kier alpha value is -3.06. The molecular weight excluding hydrogens is 540 g/mol. The number of ether oxygens (including phenoxy) is 2. The van der Waals surface area contributed by atoms with E-state index in [-0.39, 0.29) is 0 Å². The zero-order chi connectivity index (χ0) is 26.5. The Morgan fingerprint density at radius 3 is 2.47 bits per heavy atom. The molecule has 0 radical (unpaired) electrons. The molecule has 1 atom stereocenters. The van der Waals surface area contributed by atoms with Crippen molar-refractivity contribution in [1.82, 2.24) is 15.0 Å². The van der Waals surface area contributed by atoms with Gasteiger partial charge in [0.2, 0.25) is 0 Å². The molecule has 38 heavy (non-hydrogen) atoms. The summed E-state index contributed by atoms with van der Waals surface area (Å²) in [4.78, 5) is 15.6. The Labute approximate surface area is 233 Å². The number of rotatable bonds is 9. The van der Waals surface area contributed by atoms with E-state index in [1.54, 1.807) is 14.2 Å². The van der Waals surface area contributed by atoms with Crippen LogP contribution in [0.1, 0.15) is 50.3 Å². The summed E-state index contributed by atoms with van der Waals surface area (Å²) in [5.41, 5.74) is 7.19. The maximum absolute atomic E-state index is 5.41. The number of aryl methyl sites for hydroxylation is 2. The van der Waals surface area contributed by atoms with Crippen LogP contribution in [-0.4, -0.2) is 42.3 Å². The number of methoxy groups -OCH3 is 2. The third kappa shape index (κ3) is 5.98. The summed E-state index contributed by atoms with van der Waals surface area (Å²) < 4.78 is 11.8. The molecule has 1 aliphatic rings. The lowest BCUT2D eigenvalue weighted by Crippen LogP contribution is -2.24. The van der Waals surface area contributed by atoms with Crippen molar-refractivity contribution < 1.29 is 9.47 Å². The van der Waals surface area contributed by atoms with Crippen molar-refractivity contribution in [2.24, 2.45) is 5.92 Å². The van der Waals surface area contributed by atoms with E-state index in [2.05, 4.69) is 62.0 Å². The van der Waals surface area contributed by atoms with Crippen molar-refractivity contribution >= 4 is 32.8 Å². The van der Waals surface area contributed by atoms with Gasteiger partial charge in [0.05, 0.1) is 36.3 Å². The van der Waals surface area contributed by atoms with E-state index < -0.39 is 0 Å². The van der Waals surface area contributed by atoms with Crippen molar-refractivity contribution in [2.75, 3.05) is 32.2 Å². The molecular formula is C31H37BrN4O2. The zero-order valence-electron chi connectivity index (χ0n) is 22.6. The SMILES string of the molecule is CCCC1CCCN(c2ccc(-c3[nH]c4ncc(CCc5cc(OC)cc(OC)c5)nc4c3Br)cc2)CC1. The molecule has 4 aromatic rings. The number of hydrogen-bond donors (Lipinski definition) is 1. The second-order valence-electron chi connectivity index (χ2n) is 10.2. The van der Waals surface area contributed by atoms with Gasteiger partial charge in [-0.15, -0.1) is 0 Å². The van der Waals surface area contributed by atoms with Crippen molar-refractivity contribution in [3.63, 3.8) is 0 Å². The van der Waals surface area contributed by atoms with Gasteiger partial charge in [-0.1, -0.05) is 31.9 Å². The molecule has 0 aliphatic carbocycles. The minimum atomic E-state index is 0.774. The highest BCUT2D eigenvalue weighted by atomic mass is 79.9. The number of hydrogen-bond acceptors (Lipinski definition) is 5. The van der Waals surface area contributed by atoms with Crippen LogP contribution in [0.5, 0.6) is 11.5 Å². The second kappa shape index (κ2) is 12.2. The first-order valence-electron chi connectivity index (χ1n) is 13.7. The fraction of sp³-hybridized carbons (Fsp3) is 0.419. The minimum Gasteiger partial charge on any atom is -0.497 e. The largest absolute Gasteiger partial charge is 0.497 e. The fourth-order valence-corrected chi connectivity index (χ4v) is 6.13. The molecule has 1 aliphatic heterocycles. The molecule has 6 nitrogen and oxygen atoms in total. The van der Waals surface area contributed by atoms with Gasteiger partial charge in [0.15, 0.2) is 5.65 Å². The Bertz CT molecular complexity index is 1350. The minimum absolute atomic E-state index is 0.774. The van der Waals surface area contributed by atoms with Crippen LogP contribution in [0.2, 0.25) is 0 Å². The zero-order valence-corrected chi connectivity index (χ0v) is 24.2. The third-order valence-electron chi connectivity index (χ3n) is 7.64. The lowest BCUT2D eigenvalue weighted by molar-refractivity contribution is 0.393. The van der Waals surface area contributed by atoms with Crippen LogP contribution >= 0.6 is 15.9 Å². The highest BCUT2D eigenvalue weighted by Crippen LogP contribution is 2.35. The predicted octanol–water partition coefficient (Wildman–Crippen LogP) is 7.60. The van der Waals surface area contributed by atoms with Gasteiger partial charge in [0, 0.05) is 24.8 Å². The summed E-state index contributed by atoms with van der Waals surface area (Å²) in [5, 5.41) is 0. The topological polar surface area (TPSA) is 63.3 Å². The lowest BCUT2D eigenvalue weighted by atomic mass is 9.96. The number of H-pyrrole nitrogens is 1. The van der Waals surface area contributed by atoms with Crippen molar-refractivity contribution in [3.05, 3.63) is 64.4 Å². The molecule has 0 amide bonds. The summed E-state index contributed by atoms with van der Waals surface area (Å²) in [5.74, 6) is 2.47. The van der Waals surface area contributed by atoms with Gasteiger partial charge in [0.25, 0.3) is 0 Å². The molecule has 1 fully saturated rings. The number of benzene rings is 2. The first-order valence-corrected chi connectivity index (χ1v) is 14.5. The van der Waals surface area contributed by atoms with Gasteiger partial charge < -0.3 is 19.4 Å². The van der Waals surface area contributed by atoms with Crippen LogP contribution < -0.4 is 14.4 Å². The first-order chi connectivity index (χ1) is 18.6. The molecule has 7 heteroatoms. The molecule has 1 saturated heterocycles. The van der Waals surface area contributed by atoms with Gasteiger partial charge in [-0.25, -0.2) is 9.97 Å². The number of nitrogens with one attached hydrogen (secondary N) is 1. The number of aromatic amines is 1. The van der Waals surface area contributed by atoms with Crippen LogP contribution in [-0.2, 0) is 12.8 Å². The molecule has 0 saturated carbocycles. The summed E-state index contributed by atoms with van der Waals surface area (Å²) in [7, 11) is 3.34. The number of halogens is 1. The predicted molar refractivity (Wildman–Crippen MR) is 158 cm³/mol. The Morgan fingerprint density at radius 2 is 1.76 bits per heavy atom. The highest BCUT2D eigenvalue weighted by Gasteiger charge is 2.18. The Balaban J connectivity index is 1.30. The molecule has 5 rings (SSSR count). The van der Waals surface area contributed by atoms with Crippen LogP contribution in [0.25, 0.3) is 22.4 Å². The summed E-state index contributed by atoms with van der Waals surface area (Å²) in [6.07, 6.45) is 10.1. The average Bonchev–Trinajstić information content (AvgIpc) is 3.11. The van der Waals surface area contributed by atoms with E-state index in [9.17, 15) is 0 Å². The summed E-state index contributed by atoms with van der Waals surface area (Å²) in [6.45, 7) is 4.60. The normalized spacial score (nSPS) is 16.0. The molecule has 3 heterocycles. The molecule has 2 aromatic heterocycles. The van der Waals surface area contributed by atoms with E-state index in [1.807, 2.05) is 24.4 Å². The van der Waals surface area contributed by atoms with Crippen molar-refractivity contribution in [1.29, 1.82) is 0 Å². The highest BCUT2D eigenvalue weighted by molar-refractivity contribution is 9.10. The van der Waals surface area contributed by atoms with Crippen LogP contribution in [0.3, 0.4) is 0 Å². The van der Waals surface area contributed by atoms with Gasteiger partial charge in [-0.2, -0.15) is 0 Å². The molecule has 1 N–H and O–H groups in total. The molecule has 200 valence electrons. The number of anilines is 1. The van der Waals surface area contributed by atoms with E-state index in [1.165, 1.54) is 37.8 Å². The number of nitrogens with zero attached hydrogens (tertiary/aromatic N) is 3. The van der Waals surface area contributed by atoms with Crippen molar-refractivity contribution in [2.45, 2.75) is 51.9 Å². The van der Waals surface area contributed by atoms with E-state index in [0.29, 0.717) is 0 Å². The molecule has 2 aromatic carbocycles. The first kappa shape index (κ1) is 26.5. The van der Waals surface area contributed by atoms with Crippen LogP contribution in [0, 0.1) is 5.92 Å². The molecule has 1 unspecified atom stereocenters. The summed E-state index contributed by atoms with van der Waals surface area (Å²) >= 11 is 3.81. The monoisotopic (exact) mass is 576 g/mol. The standard InChI is InChI=1S/C31H37BrN4O2/c1-4-6-21-7-5-15-36(16-14-21)25-12-9-23(10-13-25)29-28(32)30-31(35-29)33-20-24(34-30)11-8-22-17-26(37-2)19-27(18-22)38-3/h9-10,12-13,17-21H,4-8,11,14-16H2,1-3H3,(H,33,35). The van der Waals surface area contributed by atoms with E-state index >= 15 is 0 Å². The van der Waals surface area contributed by atoms with Crippen LogP contribution in [0.15, 0.2) is 53.1 Å². The number of fused-ring (bicyclic) bond motifs is 1. The van der Waals surface area contributed by atoms with Gasteiger partial charge in [0.1, 0.15) is 17.0 Å². The fourth-order valence-electron chi connectivity index (χ4n) is 5.52. The van der Waals surface area contributed by atoms with E-state index in [4.69, 9.17) is 14.5 Å². The van der Waals surface area contributed by atoms with Gasteiger partial charge >= 0.3 is 0 Å².